The number of aromatic nitrogens is 1. The minimum absolute atomic E-state index is 0.386. The SMILES string of the molecule is CCOC1CCN(C2COc3cc(C)c4[nH]ccc4c32)CC1. The number of nitrogens with one attached hydrogen (secondary N) is 1. The van der Waals surface area contributed by atoms with Gasteiger partial charge < -0.3 is 14.5 Å². The third kappa shape index (κ3) is 2.22. The Morgan fingerprint density at radius 3 is 2.95 bits per heavy atom. The summed E-state index contributed by atoms with van der Waals surface area (Å²) in [6, 6.07) is 4.76. The number of aryl methyl sites for hydroxylation is 1. The van der Waals surface area contributed by atoms with Crippen molar-refractivity contribution >= 4 is 10.9 Å². The van der Waals surface area contributed by atoms with E-state index in [4.69, 9.17) is 9.47 Å². The molecule has 2 aromatic rings. The summed E-state index contributed by atoms with van der Waals surface area (Å²) in [4.78, 5) is 5.94. The van der Waals surface area contributed by atoms with Crippen molar-refractivity contribution in [2.45, 2.75) is 38.8 Å². The molecule has 22 heavy (non-hydrogen) atoms. The van der Waals surface area contributed by atoms with E-state index < -0.39 is 0 Å². The second kappa shape index (κ2) is 5.60. The zero-order valence-corrected chi connectivity index (χ0v) is 13.4. The van der Waals surface area contributed by atoms with Crippen LogP contribution in [0.1, 0.15) is 36.9 Å². The van der Waals surface area contributed by atoms with Crippen molar-refractivity contribution in [2.75, 3.05) is 26.3 Å². The molecule has 3 heterocycles. The highest BCUT2D eigenvalue weighted by Crippen LogP contribution is 2.43. The summed E-state index contributed by atoms with van der Waals surface area (Å²) in [5.74, 6) is 1.07. The molecule has 1 fully saturated rings. The average molecular weight is 300 g/mol. The maximum Gasteiger partial charge on any atom is 0.125 e. The Kier molecular flexibility index (Phi) is 3.59. The van der Waals surface area contributed by atoms with E-state index in [1.807, 2.05) is 6.20 Å². The molecule has 118 valence electrons. The van der Waals surface area contributed by atoms with E-state index in [1.165, 1.54) is 22.0 Å². The molecule has 4 rings (SSSR count). The number of aromatic amines is 1. The number of hydrogen-bond donors (Lipinski definition) is 1. The second-order valence-electron chi connectivity index (χ2n) is 6.39. The van der Waals surface area contributed by atoms with E-state index in [0.717, 1.165) is 44.9 Å². The summed E-state index contributed by atoms with van der Waals surface area (Å²) < 4.78 is 11.8. The average Bonchev–Trinajstić information content (AvgIpc) is 3.15. The zero-order chi connectivity index (χ0) is 15.1. The number of likely N-dealkylation sites (tertiary alicyclic amines) is 1. The lowest BCUT2D eigenvalue weighted by Gasteiger charge is -2.35. The van der Waals surface area contributed by atoms with Gasteiger partial charge in [0.2, 0.25) is 0 Å². The topological polar surface area (TPSA) is 37.5 Å². The van der Waals surface area contributed by atoms with Crippen molar-refractivity contribution in [3.8, 4) is 5.75 Å². The first-order valence-corrected chi connectivity index (χ1v) is 8.37. The Bertz CT molecular complexity index is 671. The van der Waals surface area contributed by atoms with Gasteiger partial charge in [-0.1, -0.05) is 0 Å². The van der Waals surface area contributed by atoms with E-state index in [1.54, 1.807) is 0 Å². The zero-order valence-electron chi connectivity index (χ0n) is 13.4. The van der Waals surface area contributed by atoms with Gasteiger partial charge in [-0.25, -0.2) is 0 Å². The lowest BCUT2D eigenvalue weighted by molar-refractivity contribution is 0.00163. The minimum atomic E-state index is 0.386. The molecule has 1 aromatic heterocycles. The normalized spacial score (nSPS) is 22.9. The first-order chi connectivity index (χ1) is 10.8. The van der Waals surface area contributed by atoms with Crippen molar-refractivity contribution < 1.29 is 9.47 Å². The number of ether oxygens (including phenoxy) is 2. The number of fused-ring (bicyclic) bond motifs is 3. The van der Waals surface area contributed by atoms with E-state index in [2.05, 4.69) is 35.9 Å². The van der Waals surface area contributed by atoms with Crippen LogP contribution in [-0.4, -0.2) is 42.3 Å². The van der Waals surface area contributed by atoms with Crippen LogP contribution < -0.4 is 4.74 Å². The third-order valence-corrected chi connectivity index (χ3v) is 5.09. The number of rotatable bonds is 3. The van der Waals surface area contributed by atoms with Gasteiger partial charge in [0, 0.05) is 42.4 Å². The molecule has 0 radical (unpaired) electrons. The summed E-state index contributed by atoms with van der Waals surface area (Å²) in [6.45, 7) is 8.01. The van der Waals surface area contributed by atoms with Crippen LogP contribution in [0.25, 0.3) is 10.9 Å². The summed E-state index contributed by atoms with van der Waals surface area (Å²) in [5.41, 5.74) is 3.88. The van der Waals surface area contributed by atoms with Crippen molar-refractivity contribution in [3.05, 3.63) is 29.5 Å². The quantitative estimate of drug-likeness (QED) is 0.944. The van der Waals surface area contributed by atoms with Gasteiger partial charge in [-0.15, -0.1) is 0 Å². The van der Waals surface area contributed by atoms with Gasteiger partial charge in [0.25, 0.3) is 0 Å². The molecular formula is C18H24N2O2. The Hall–Kier alpha value is -1.52. The molecule has 0 aliphatic carbocycles. The Labute approximate surface area is 131 Å². The molecule has 2 aliphatic rings. The molecule has 0 saturated carbocycles. The highest BCUT2D eigenvalue weighted by atomic mass is 16.5. The minimum Gasteiger partial charge on any atom is -0.491 e. The molecule has 1 N–H and O–H groups in total. The monoisotopic (exact) mass is 300 g/mol. The highest BCUT2D eigenvalue weighted by molar-refractivity contribution is 5.89. The van der Waals surface area contributed by atoms with E-state index in [9.17, 15) is 0 Å². The summed E-state index contributed by atoms with van der Waals surface area (Å²) in [5, 5.41) is 1.32. The highest BCUT2D eigenvalue weighted by Gasteiger charge is 2.34. The largest absolute Gasteiger partial charge is 0.491 e. The lowest BCUT2D eigenvalue weighted by Crippen LogP contribution is -2.40. The van der Waals surface area contributed by atoms with Crippen LogP contribution in [0, 0.1) is 6.92 Å². The fraction of sp³-hybridized carbons (Fsp3) is 0.556. The van der Waals surface area contributed by atoms with Crippen LogP contribution in [0.2, 0.25) is 0 Å². The van der Waals surface area contributed by atoms with Gasteiger partial charge in [-0.2, -0.15) is 0 Å². The Morgan fingerprint density at radius 2 is 2.18 bits per heavy atom. The van der Waals surface area contributed by atoms with Crippen molar-refractivity contribution in [3.63, 3.8) is 0 Å². The molecule has 0 bridgehead atoms. The third-order valence-electron chi connectivity index (χ3n) is 5.09. The van der Waals surface area contributed by atoms with Crippen molar-refractivity contribution in [2.24, 2.45) is 0 Å². The van der Waals surface area contributed by atoms with Crippen LogP contribution in [-0.2, 0) is 4.74 Å². The van der Waals surface area contributed by atoms with Crippen molar-refractivity contribution in [1.82, 2.24) is 9.88 Å². The lowest BCUT2D eigenvalue weighted by atomic mass is 9.97. The van der Waals surface area contributed by atoms with Crippen LogP contribution >= 0.6 is 0 Å². The molecule has 2 aliphatic heterocycles. The van der Waals surface area contributed by atoms with E-state index in [0.29, 0.717) is 12.1 Å². The van der Waals surface area contributed by atoms with Crippen LogP contribution in [0.5, 0.6) is 5.75 Å². The first-order valence-electron chi connectivity index (χ1n) is 8.37. The smallest absolute Gasteiger partial charge is 0.125 e. The standard InChI is InChI=1S/C18H24N2O2/c1-3-21-13-5-8-20(9-6-13)15-11-22-16-10-12(2)18-14(17(15)16)4-7-19-18/h4,7,10,13,15,19H,3,5-6,8-9,11H2,1-2H3. The maximum absolute atomic E-state index is 6.01. The maximum atomic E-state index is 6.01. The van der Waals surface area contributed by atoms with Gasteiger partial charge in [0.15, 0.2) is 0 Å². The molecule has 4 nitrogen and oxygen atoms in total. The molecule has 0 amide bonds. The summed E-state index contributed by atoms with van der Waals surface area (Å²) in [6.07, 6.45) is 4.73. The number of benzene rings is 1. The van der Waals surface area contributed by atoms with Gasteiger partial charge in [-0.3, -0.25) is 4.90 Å². The predicted octanol–water partition coefficient (Wildman–Crippen LogP) is 3.41. The fourth-order valence-electron chi connectivity index (χ4n) is 3.99. The molecule has 1 aromatic carbocycles. The van der Waals surface area contributed by atoms with E-state index in [-0.39, 0.29) is 0 Å². The Balaban J connectivity index is 1.61. The van der Waals surface area contributed by atoms with E-state index >= 15 is 0 Å². The van der Waals surface area contributed by atoms with Gasteiger partial charge in [0.05, 0.1) is 12.1 Å². The van der Waals surface area contributed by atoms with Gasteiger partial charge in [-0.05, 0) is 44.4 Å². The molecule has 1 unspecified atom stereocenters. The summed E-state index contributed by atoms with van der Waals surface area (Å²) in [7, 11) is 0. The second-order valence-corrected chi connectivity index (χ2v) is 6.39. The van der Waals surface area contributed by atoms with Crippen LogP contribution in [0.4, 0.5) is 0 Å². The summed E-state index contributed by atoms with van der Waals surface area (Å²) >= 11 is 0. The number of piperidine rings is 1. The first kappa shape index (κ1) is 14.1. The molecule has 4 heteroatoms. The predicted molar refractivity (Wildman–Crippen MR) is 87.5 cm³/mol. The van der Waals surface area contributed by atoms with Gasteiger partial charge >= 0.3 is 0 Å². The number of hydrogen-bond acceptors (Lipinski definition) is 3. The molecule has 0 spiro atoms. The molecule has 1 atom stereocenters. The molecule has 1 saturated heterocycles. The van der Waals surface area contributed by atoms with Gasteiger partial charge in [0.1, 0.15) is 12.4 Å². The van der Waals surface area contributed by atoms with Crippen LogP contribution in [0.3, 0.4) is 0 Å². The number of H-pyrrole nitrogens is 1. The Morgan fingerprint density at radius 1 is 1.36 bits per heavy atom. The van der Waals surface area contributed by atoms with Crippen molar-refractivity contribution in [1.29, 1.82) is 0 Å². The van der Waals surface area contributed by atoms with Crippen LogP contribution in [0.15, 0.2) is 18.3 Å². The molecular weight excluding hydrogens is 276 g/mol. The fourth-order valence-corrected chi connectivity index (χ4v) is 3.99. The number of nitrogens with zero attached hydrogens (tertiary/aromatic N) is 1.